The Bertz CT molecular complexity index is 714. The average molecular weight is 363 g/mol. The molecule has 1 saturated carbocycles. The highest BCUT2D eigenvalue weighted by atomic mass is 35.5. The van der Waals surface area contributed by atoms with Crippen molar-refractivity contribution in [3.05, 3.63) is 52.8 Å². The van der Waals surface area contributed by atoms with Gasteiger partial charge in [0, 0.05) is 29.8 Å². The maximum atomic E-state index is 12.3. The summed E-state index contributed by atoms with van der Waals surface area (Å²) >= 11 is 0. The molecule has 1 aliphatic rings. The van der Waals surface area contributed by atoms with Crippen LogP contribution in [0.15, 0.2) is 30.3 Å². The molecule has 3 rings (SSSR count). The fraction of sp³-hybridized carbons (Fsp3) is 0.474. The molecule has 1 aromatic heterocycles. The van der Waals surface area contributed by atoms with E-state index in [2.05, 4.69) is 29.5 Å². The first kappa shape index (κ1) is 19.5. The average Bonchev–Trinajstić information content (AvgIpc) is 3.11. The van der Waals surface area contributed by atoms with Crippen molar-refractivity contribution in [3.63, 3.8) is 0 Å². The number of nitrogens with zero attached hydrogens (tertiary/aromatic N) is 2. The number of rotatable bonds is 5. The Labute approximate surface area is 155 Å². The van der Waals surface area contributed by atoms with Gasteiger partial charge in [-0.05, 0) is 38.7 Å². The molecule has 2 atom stereocenters. The molecular formula is C19H27ClN4O. The van der Waals surface area contributed by atoms with Gasteiger partial charge >= 0.3 is 0 Å². The van der Waals surface area contributed by atoms with Crippen LogP contribution < -0.4 is 11.1 Å². The molecule has 1 heterocycles. The summed E-state index contributed by atoms with van der Waals surface area (Å²) in [6, 6.07) is 10.5. The van der Waals surface area contributed by atoms with Gasteiger partial charge in [-0.25, -0.2) is 0 Å². The van der Waals surface area contributed by atoms with Gasteiger partial charge in [-0.1, -0.05) is 30.3 Å². The minimum absolute atomic E-state index is 0. The summed E-state index contributed by atoms with van der Waals surface area (Å²) in [4.78, 5) is 12.3. The van der Waals surface area contributed by atoms with E-state index in [1.54, 1.807) is 0 Å². The predicted molar refractivity (Wildman–Crippen MR) is 102 cm³/mol. The Morgan fingerprint density at radius 3 is 2.64 bits per heavy atom. The lowest BCUT2D eigenvalue weighted by molar-refractivity contribution is -0.125. The molecule has 25 heavy (non-hydrogen) atoms. The summed E-state index contributed by atoms with van der Waals surface area (Å²) in [5, 5.41) is 7.71. The number of hydrogen-bond acceptors (Lipinski definition) is 3. The van der Waals surface area contributed by atoms with Crippen LogP contribution in [0.4, 0.5) is 0 Å². The molecular weight excluding hydrogens is 336 g/mol. The number of halogens is 1. The molecule has 0 bridgehead atoms. The van der Waals surface area contributed by atoms with Gasteiger partial charge in [-0.3, -0.25) is 9.48 Å². The van der Waals surface area contributed by atoms with Gasteiger partial charge in [0.05, 0.1) is 12.2 Å². The maximum absolute atomic E-state index is 12.3. The highest BCUT2D eigenvalue weighted by Crippen LogP contribution is 2.24. The molecule has 5 nitrogen and oxygen atoms in total. The van der Waals surface area contributed by atoms with Crippen LogP contribution >= 0.6 is 12.4 Å². The zero-order valence-electron chi connectivity index (χ0n) is 14.9. The smallest absolute Gasteiger partial charge is 0.223 e. The van der Waals surface area contributed by atoms with Crippen LogP contribution in [-0.2, 0) is 17.9 Å². The van der Waals surface area contributed by atoms with Crippen molar-refractivity contribution in [2.45, 2.75) is 52.2 Å². The number of carbonyl (C=O) groups excluding carboxylic acids is 1. The van der Waals surface area contributed by atoms with E-state index < -0.39 is 0 Å². The molecule has 1 aliphatic carbocycles. The second-order valence-corrected chi connectivity index (χ2v) is 6.78. The molecule has 136 valence electrons. The number of aryl methyl sites for hydroxylation is 1. The molecule has 6 heteroatoms. The Morgan fingerprint density at radius 2 is 2.00 bits per heavy atom. The van der Waals surface area contributed by atoms with Crippen molar-refractivity contribution in [2.75, 3.05) is 0 Å². The molecule has 1 aromatic carbocycles. The number of aromatic nitrogens is 2. The zero-order valence-corrected chi connectivity index (χ0v) is 15.7. The second kappa shape index (κ2) is 8.50. The minimum atomic E-state index is 0. The third kappa shape index (κ3) is 4.61. The van der Waals surface area contributed by atoms with E-state index in [0.29, 0.717) is 6.54 Å². The van der Waals surface area contributed by atoms with E-state index in [1.165, 1.54) is 5.56 Å². The van der Waals surface area contributed by atoms with E-state index in [-0.39, 0.29) is 30.3 Å². The summed E-state index contributed by atoms with van der Waals surface area (Å²) in [7, 11) is 0. The Balaban J connectivity index is 0.00000225. The largest absolute Gasteiger partial charge is 0.352 e. The first-order valence-electron chi connectivity index (χ1n) is 8.64. The maximum Gasteiger partial charge on any atom is 0.223 e. The van der Waals surface area contributed by atoms with E-state index >= 15 is 0 Å². The van der Waals surface area contributed by atoms with E-state index in [9.17, 15) is 4.79 Å². The predicted octanol–water partition coefficient (Wildman–Crippen LogP) is 2.71. The monoisotopic (exact) mass is 362 g/mol. The van der Waals surface area contributed by atoms with Crippen LogP contribution in [0.1, 0.15) is 41.8 Å². The number of nitrogens with one attached hydrogen (secondary N) is 1. The standard InChI is InChI=1S/C19H26N4O.ClH/c1-13-18(11-21-19(24)16-8-9-17(20)10-16)14(2)23(22-13)12-15-6-4-3-5-7-15;/h3-7,16-17H,8-12,20H2,1-2H3,(H,21,24);1H. The summed E-state index contributed by atoms with van der Waals surface area (Å²) in [6.07, 6.45) is 2.65. The number of carbonyl (C=O) groups is 1. The van der Waals surface area contributed by atoms with Crippen LogP contribution in [0.5, 0.6) is 0 Å². The normalized spacial score (nSPS) is 19.5. The van der Waals surface area contributed by atoms with Crippen molar-refractivity contribution in [2.24, 2.45) is 11.7 Å². The number of nitrogens with two attached hydrogens (primary N) is 1. The van der Waals surface area contributed by atoms with Crippen LogP contribution in [0.3, 0.4) is 0 Å². The zero-order chi connectivity index (χ0) is 17.1. The Hall–Kier alpha value is -1.85. The van der Waals surface area contributed by atoms with E-state index in [0.717, 1.165) is 42.8 Å². The third-order valence-electron chi connectivity index (χ3n) is 4.99. The van der Waals surface area contributed by atoms with E-state index in [4.69, 9.17) is 5.73 Å². The van der Waals surface area contributed by atoms with Gasteiger partial charge in [-0.2, -0.15) is 5.10 Å². The number of amides is 1. The van der Waals surface area contributed by atoms with Crippen molar-refractivity contribution < 1.29 is 4.79 Å². The highest BCUT2D eigenvalue weighted by molar-refractivity contribution is 5.85. The van der Waals surface area contributed by atoms with Gasteiger partial charge in [0.15, 0.2) is 0 Å². The van der Waals surface area contributed by atoms with Gasteiger partial charge < -0.3 is 11.1 Å². The summed E-state index contributed by atoms with van der Waals surface area (Å²) < 4.78 is 2.01. The molecule has 1 fully saturated rings. The topological polar surface area (TPSA) is 72.9 Å². The Kier molecular flexibility index (Phi) is 6.62. The van der Waals surface area contributed by atoms with Gasteiger partial charge in [0.1, 0.15) is 0 Å². The van der Waals surface area contributed by atoms with Crippen LogP contribution in [0.25, 0.3) is 0 Å². The lowest BCUT2D eigenvalue weighted by atomic mass is 10.1. The molecule has 2 unspecified atom stereocenters. The molecule has 0 radical (unpaired) electrons. The first-order chi connectivity index (χ1) is 11.5. The van der Waals surface area contributed by atoms with E-state index in [1.807, 2.05) is 29.8 Å². The molecule has 0 aliphatic heterocycles. The van der Waals surface area contributed by atoms with Crippen LogP contribution in [-0.4, -0.2) is 21.7 Å². The molecule has 0 spiro atoms. The fourth-order valence-electron chi connectivity index (χ4n) is 3.47. The molecule has 3 N–H and O–H groups in total. The van der Waals surface area contributed by atoms with Gasteiger partial charge in [0.2, 0.25) is 5.91 Å². The lowest BCUT2D eigenvalue weighted by Crippen LogP contribution is -2.30. The molecule has 1 amide bonds. The quantitative estimate of drug-likeness (QED) is 0.858. The number of hydrogen-bond donors (Lipinski definition) is 2. The first-order valence-corrected chi connectivity index (χ1v) is 8.64. The summed E-state index contributed by atoms with van der Waals surface area (Å²) in [6.45, 7) is 5.35. The molecule has 0 saturated heterocycles. The minimum Gasteiger partial charge on any atom is -0.352 e. The summed E-state index contributed by atoms with van der Waals surface area (Å²) in [5.74, 6) is 0.192. The van der Waals surface area contributed by atoms with Crippen molar-refractivity contribution >= 4 is 18.3 Å². The second-order valence-electron chi connectivity index (χ2n) is 6.78. The van der Waals surface area contributed by atoms with Crippen molar-refractivity contribution in [1.82, 2.24) is 15.1 Å². The summed E-state index contributed by atoms with van der Waals surface area (Å²) in [5.41, 5.74) is 10.3. The Morgan fingerprint density at radius 1 is 1.28 bits per heavy atom. The SMILES string of the molecule is Cc1nn(Cc2ccccc2)c(C)c1CNC(=O)C1CCC(N)C1.Cl. The van der Waals surface area contributed by atoms with Crippen molar-refractivity contribution in [1.29, 1.82) is 0 Å². The van der Waals surface area contributed by atoms with Crippen LogP contribution in [0.2, 0.25) is 0 Å². The van der Waals surface area contributed by atoms with Gasteiger partial charge in [-0.15, -0.1) is 12.4 Å². The fourth-order valence-corrected chi connectivity index (χ4v) is 3.47. The van der Waals surface area contributed by atoms with Crippen molar-refractivity contribution in [3.8, 4) is 0 Å². The number of benzene rings is 1. The van der Waals surface area contributed by atoms with Gasteiger partial charge in [0.25, 0.3) is 0 Å². The van der Waals surface area contributed by atoms with Crippen LogP contribution in [0, 0.1) is 19.8 Å². The third-order valence-corrected chi connectivity index (χ3v) is 4.99. The highest BCUT2D eigenvalue weighted by Gasteiger charge is 2.27. The lowest BCUT2D eigenvalue weighted by Gasteiger charge is -2.11. The molecule has 2 aromatic rings.